The summed E-state index contributed by atoms with van der Waals surface area (Å²) in [5, 5.41) is 2.70. The number of methoxy groups -OCH3 is 3. The van der Waals surface area contributed by atoms with E-state index in [1.807, 2.05) is 0 Å². The van der Waals surface area contributed by atoms with Crippen molar-refractivity contribution in [2.24, 2.45) is 0 Å². The molecule has 0 atom stereocenters. The van der Waals surface area contributed by atoms with E-state index in [9.17, 15) is 17.6 Å². The summed E-state index contributed by atoms with van der Waals surface area (Å²) in [6.07, 6.45) is 1.46. The maximum absolute atomic E-state index is 14.3. The van der Waals surface area contributed by atoms with Gasteiger partial charge in [0.2, 0.25) is 15.8 Å². The number of sulfonamides is 1. The van der Waals surface area contributed by atoms with Gasteiger partial charge in [-0.15, -0.1) is 0 Å². The number of carbonyl (C=O) groups excluding carboxylic acids is 1. The second-order valence-corrected chi connectivity index (χ2v) is 8.88. The molecule has 1 heterocycles. The van der Waals surface area contributed by atoms with Crippen LogP contribution in [0, 0.1) is 5.82 Å². The van der Waals surface area contributed by atoms with Crippen molar-refractivity contribution in [3.05, 3.63) is 47.3 Å². The highest BCUT2D eigenvalue weighted by molar-refractivity contribution is 7.89. The Kier molecular flexibility index (Phi) is 7.01. The molecule has 1 fully saturated rings. The maximum atomic E-state index is 14.3. The number of ether oxygens (including phenoxy) is 3. The van der Waals surface area contributed by atoms with Crippen LogP contribution in [0.5, 0.6) is 17.2 Å². The van der Waals surface area contributed by atoms with Crippen molar-refractivity contribution in [2.75, 3.05) is 34.4 Å². The number of benzene rings is 2. The second-order valence-electron chi connectivity index (χ2n) is 6.97. The number of nitrogens with one attached hydrogen (secondary N) is 1. The molecule has 10 heteroatoms. The van der Waals surface area contributed by atoms with Crippen molar-refractivity contribution in [1.29, 1.82) is 0 Å². The van der Waals surface area contributed by atoms with Crippen molar-refractivity contribution in [2.45, 2.75) is 24.3 Å². The Hall–Kier alpha value is -2.85. The van der Waals surface area contributed by atoms with Gasteiger partial charge in [-0.1, -0.05) is 0 Å². The summed E-state index contributed by atoms with van der Waals surface area (Å²) in [6, 6.07) is 6.71. The summed E-state index contributed by atoms with van der Waals surface area (Å²) in [5.74, 6) is -0.117. The van der Waals surface area contributed by atoms with Gasteiger partial charge < -0.3 is 19.5 Å². The standard InChI is InChI=1S/C21H25FN2O6S/c1-28-17-10-14(11-18(29-2)20(17)30-3)13-23-21(25)15-6-7-16(22)19(12-15)31(26,27)24-8-4-5-9-24/h6-7,10-12H,4-5,8-9,13H2,1-3H3,(H,23,25). The monoisotopic (exact) mass is 452 g/mol. The molecule has 8 nitrogen and oxygen atoms in total. The number of hydrogen-bond donors (Lipinski definition) is 1. The molecule has 2 aromatic carbocycles. The molecule has 1 aliphatic heterocycles. The predicted octanol–water partition coefficient (Wildman–Crippen LogP) is 2.57. The van der Waals surface area contributed by atoms with Crippen LogP contribution in [0.1, 0.15) is 28.8 Å². The van der Waals surface area contributed by atoms with Gasteiger partial charge in [-0.05, 0) is 48.7 Å². The van der Waals surface area contributed by atoms with Crippen molar-refractivity contribution >= 4 is 15.9 Å². The highest BCUT2D eigenvalue weighted by atomic mass is 32.2. The van der Waals surface area contributed by atoms with Crippen molar-refractivity contribution in [3.8, 4) is 17.2 Å². The van der Waals surface area contributed by atoms with E-state index in [0.29, 0.717) is 35.9 Å². The van der Waals surface area contributed by atoms with E-state index in [2.05, 4.69) is 5.32 Å². The Morgan fingerprint density at radius 2 is 1.65 bits per heavy atom. The van der Waals surface area contributed by atoms with Gasteiger partial charge in [0.1, 0.15) is 10.7 Å². The van der Waals surface area contributed by atoms with Crippen molar-refractivity contribution in [1.82, 2.24) is 9.62 Å². The average Bonchev–Trinajstić information content (AvgIpc) is 3.32. The number of halogens is 1. The lowest BCUT2D eigenvalue weighted by Crippen LogP contribution is -2.29. The number of carbonyl (C=O) groups is 1. The molecule has 168 valence electrons. The summed E-state index contributed by atoms with van der Waals surface area (Å²) in [7, 11) is 0.477. The van der Waals surface area contributed by atoms with E-state index < -0.39 is 26.6 Å². The first-order chi connectivity index (χ1) is 14.8. The van der Waals surface area contributed by atoms with Crippen LogP contribution in [-0.4, -0.2) is 53.0 Å². The molecule has 31 heavy (non-hydrogen) atoms. The molecule has 1 amide bonds. The molecule has 0 spiro atoms. The van der Waals surface area contributed by atoms with Crippen LogP contribution >= 0.6 is 0 Å². The lowest BCUT2D eigenvalue weighted by atomic mass is 10.1. The minimum absolute atomic E-state index is 0.0478. The second kappa shape index (κ2) is 9.52. The quantitative estimate of drug-likeness (QED) is 0.662. The minimum atomic E-state index is -3.99. The average molecular weight is 453 g/mol. The topological polar surface area (TPSA) is 94.2 Å². The van der Waals surface area contributed by atoms with Crippen molar-refractivity contribution in [3.63, 3.8) is 0 Å². The third-order valence-electron chi connectivity index (χ3n) is 5.05. The Morgan fingerprint density at radius 3 is 2.19 bits per heavy atom. The zero-order valence-electron chi connectivity index (χ0n) is 17.6. The first-order valence-electron chi connectivity index (χ1n) is 9.68. The summed E-state index contributed by atoms with van der Waals surface area (Å²) < 4.78 is 56.8. The van der Waals surface area contributed by atoms with Crippen LogP contribution in [0.25, 0.3) is 0 Å². The molecule has 1 N–H and O–H groups in total. The smallest absolute Gasteiger partial charge is 0.251 e. The Balaban J connectivity index is 1.80. The highest BCUT2D eigenvalue weighted by Crippen LogP contribution is 2.38. The Labute approximate surface area is 181 Å². The van der Waals surface area contributed by atoms with Crippen LogP contribution in [0.15, 0.2) is 35.2 Å². The number of rotatable bonds is 8. The fourth-order valence-electron chi connectivity index (χ4n) is 3.43. The molecule has 0 radical (unpaired) electrons. The SMILES string of the molecule is COc1cc(CNC(=O)c2ccc(F)c(S(=O)(=O)N3CCCC3)c2)cc(OC)c1OC. The highest BCUT2D eigenvalue weighted by Gasteiger charge is 2.30. The molecular weight excluding hydrogens is 427 g/mol. The molecule has 0 aliphatic carbocycles. The van der Waals surface area contributed by atoms with Gasteiger partial charge in [0.25, 0.3) is 5.91 Å². The Morgan fingerprint density at radius 1 is 1.03 bits per heavy atom. The van der Waals surface area contributed by atoms with Gasteiger partial charge in [-0.2, -0.15) is 4.31 Å². The van der Waals surface area contributed by atoms with Gasteiger partial charge in [0.15, 0.2) is 11.5 Å². The first kappa shape index (κ1) is 22.8. The number of nitrogens with zero attached hydrogens (tertiary/aromatic N) is 1. The van der Waals surface area contributed by atoms with E-state index in [0.717, 1.165) is 25.0 Å². The lowest BCUT2D eigenvalue weighted by molar-refractivity contribution is 0.0950. The fraction of sp³-hybridized carbons (Fsp3) is 0.381. The molecule has 1 saturated heterocycles. The van der Waals surface area contributed by atoms with E-state index in [-0.39, 0.29) is 12.1 Å². The molecule has 0 bridgehead atoms. The predicted molar refractivity (Wildman–Crippen MR) is 112 cm³/mol. The zero-order valence-corrected chi connectivity index (χ0v) is 18.4. The van der Waals surface area contributed by atoms with E-state index in [4.69, 9.17) is 14.2 Å². The van der Waals surface area contributed by atoms with Crippen LogP contribution < -0.4 is 19.5 Å². The van der Waals surface area contributed by atoms with E-state index in [1.54, 1.807) is 12.1 Å². The fourth-order valence-corrected chi connectivity index (χ4v) is 5.04. The first-order valence-corrected chi connectivity index (χ1v) is 11.1. The van der Waals surface area contributed by atoms with Crippen LogP contribution in [-0.2, 0) is 16.6 Å². The van der Waals surface area contributed by atoms with E-state index >= 15 is 0 Å². The van der Waals surface area contributed by atoms with Gasteiger partial charge in [0.05, 0.1) is 21.3 Å². The molecular formula is C21H25FN2O6S. The lowest BCUT2D eigenvalue weighted by Gasteiger charge is -2.17. The summed E-state index contributed by atoms with van der Waals surface area (Å²) >= 11 is 0. The van der Waals surface area contributed by atoms with Gasteiger partial charge in [0, 0.05) is 25.2 Å². The molecule has 1 aliphatic rings. The Bertz CT molecular complexity index is 1040. The summed E-state index contributed by atoms with van der Waals surface area (Å²) in [4.78, 5) is 12.1. The largest absolute Gasteiger partial charge is 0.493 e. The molecule has 2 aromatic rings. The van der Waals surface area contributed by atoms with Crippen LogP contribution in [0.4, 0.5) is 4.39 Å². The minimum Gasteiger partial charge on any atom is -0.493 e. The van der Waals surface area contributed by atoms with Gasteiger partial charge in [-0.3, -0.25) is 4.79 Å². The summed E-state index contributed by atoms with van der Waals surface area (Å²) in [6.45, 7) is 0.805. The van der Waals surface area contributed by atoms with E-state index in [1.165, 1.54) is 31.7 Å². The molecule has 0 saturated carbocycles. The van der Waals surface area contributed by atoms with Crippen LogP contribution in [0.3, 0.4) is 0 Å². The normalized spacial score (nSPS) is 14.3. The maximum Gasteiger partial charge on any atom is 0.251 e. The number of amides is 1. The van der Waals surface area contributed by atoms with Gasteiger partial charge >= 0.3 is 0 Å². The number of hydrogen-bond acceptors (Lipinski definition) is 6. The molecule has 0 aromatic heterocycles. The molecule has 3 rings (SSSR count). The van der Waals surface area contributed by atoms with Crippen LogP contribution in [0.2, 0.25) is 0 Å². The van der Waals surface area contributed by atoms with Gasteiger partial charge in [-0.25, -0.2) is 12.8 Å². The summed E-state index contributed by atoms with van der Waals surface area (Å²) in [5.41, 5.74) is 0.724. The third kappa shape index (κ3) is 4.75. The molecule has 0 unspecified atom stereocenters. The third-order valence-corrected chi connectivity index (χ3v) is 6.97. The van der Waals surface area contributed by atoms with Crippen molar-refractivity contribution < 1.29 is 31.8 Å². The zero-order chi connectivity index (χ0) is 22.6.